The van der Waals surface area contributed by atoms with Gasteiger partial charge in [0.05, 0.1) is 0 Å². The number of nitrogens with two attached hydrogens (primary N) is 1. The van der Waals surface area contributed by atoms with Crippen molar-refractivity contribution in [3.8, 4) is 11.5 Å². The molecule has 0 aliphatic carbocycles. The number of ether oxygens (including phenoxy) is 1. The molecule has 2 aromatic carbocycles. The number of hydrogen-bond donors (Lipinski definition) is 3. The fourth-order valence-corrected chi connectivity index (χ4v) is 2.43. The van der Waals surface area contributed by atoms with E-state index in [1.54, 1.807) is 24.3 Å². The van der Waals surface area contributed by atoms with Crippen molar-refractivity contribution in [2.24, 2.45) is 11.1 Å². The van der Waals surface area contributed by atoms with Gasteiger partial charge in [-0.1, -0.05) is 32.9 Å². The highest BCUT2D eigenvalue weighted by atomic mass is 16.5. The number of nitrogens with one attached hydrogen (secondary N) is 2. The van der Waals surface area contributed by atoms with Gasteiger partial charge in [-0.2, -0.15) is 0 Å². The minimum Gasteiger partial charge on any atom is -0.457 e. The highest BCUT2D eigenvalue weighted by Gasteiger charge is 2.31. The molecule has 6 heteroatoms. The molecular formula is C20H25N3O3. The second-order valence-electron chi connectivity index (χ2n) is 7.24. The van der Waals surface area contributed by atoms with Gasteiger partial charge in [0, 0.05) is 5.69 Å². The molecule has 6 nitrogen and oxygen atoms in total. The van der Waals surface area contributed by atoms with Crippen LogP contribution in [0.4, 0.5) is 10.5 Å². The summed E-state index contributed by atoms with van der Waals surface area (Å²) in [7, 11) is 0. The summed E-state index contributed by atoms with van der Waals surface area (Å²) >= 11 is 0. The molecule has 1 atom stereocenters. The van der Waals surface area contributed by atoms with Crippen LogP contribution in [0, 0.1) is 12.3 Å². The van der Waals surface area contributed by atoms with Gasteiger partial charge >= 0.3 is 6.03 Å². The summed E-state index contributed by atoms with van der Waals surface area (Å²) in [5.41, 5.74) is 6.58. The van der Waals surface area contributed by atoms with Gasteiger partial charge in [0.2, 0.25) is 5.91 Å². The van der Waals surface area contributed by atoms with Crippen LogP contribution in [-0.4, -0.2) is 18.0 Å². The first-order chi connectivity index (χ1) is 12.1. The van der Waals surface area contributed by atoms with Crippen molar-refractivity contribution in [2.75, 3.05) is 5.32 Å². The SMILES string of the molecule is Cc1cccc(Oc2ccc(NC(=O)NC(C(N)=O)C(C)(C)C)cc2)c1. The maximum Gasteiger partial charge on any atom is 0.319 e. The van der Waals surface area contributed by atoms with Crippen LogP contribution in [0.2, 0.25) is 0 Å². The molecular weight excluding hydrogens is 330 g/mol. The van der Waals surface area contributed by atoms with Crippen LogP contribution in [0.1, 0.15) is 26.3 Å². The van der Waals surface area contributed by atoms with Gasteiger partial charge < -0.3 is 21.1 Å². The molecule has 0 heterocycles. The predicted molar refractivity (Wildman–Crippen MR) is 102 cm³/mol. The quantitative estimate of drug-likeness (QED) is 0.761. The lowest BCUT2D eigenvalue weighted by Crippen LogP contribution is -2.53. The summed E-state index contributed by atoms with van der Waals surface area (Å²) in [6, 6.07) is 13.4. The van der Waals surface area contributed by atoms with Gasteiger partial charge in [0.25, 0.3) is 0 Å². The largest absolute Gasteiger partial charge is 0.457 e. The first-order valence-electron chi connectivity index (χ1n) is 8.36. The normalized spacial score (nSPS) is 12.2. The Morgan fingerprint density at radius 2 is 1.69 bits per heavy atom. The van der Waals surface area contributed by atoms with Crippen molar-refractivity contribution in [2.45, 2.75) is 33.7 Å². The van der Waals surface area contributed by atoms with Crippen molar-refractivity contribution >= 4 is 17.6 Å². The highest BCUT2D eigenvalue weighted by molar-refractivity contribution is 5.93. The number of anilines is 1. The zero-order valence-corrected chi connectivity index (χ0v) is 15.5. The molecule has 0 bridgehead atoms. The number of rotatable bonds is 5. The third-order valence-electron chi connectivity index (χ3n) is 3.76. The molecule has 4 N–H and O–H groups in total. The number of benzene rings is 2. The van der Waals surface area contributed by atoms with Crippen LogP contribution in [0.25, 0.3) is 0 Å². The Balaban J connectivity index is 1.98. The number of amides is 3. The molecule has 0 saturated carbocycles. The Hall–Kier alpha value is -3.02. The molecule has 26 heavy (non-hydrogen) atoms. The molecule has 0 spiro atoms. The van der Waals surface area contributed by atoms with Gasteiger partial charge in [-0.25, -0.2) is 4.79 Å². The summed E-state index contributed by atoms with van der Waals surface area (Å²) in [5, 5.41) is 5.30. The highest BCUT2D eigenvalue weighted by Crippen LogP contribution is 2.24. The molecule has 0 fully saturated rings. The molecule has 0 aliphatic rings. The molecule has 0 aromatic heterocycles. The van der Waals surface area contributed by atoms with Gasteiger partial charge in [-0.3, -0.25) is 4.79 Å². The van der Waals surface area contributed by atoms with Crippen LogP contribution in [0.5, 0.6) is 11.5 Å². The first-order valence-corrected chi connectivity index (χ1v) is 8.36. The molecule has 2 aromatic rings. The lowest BCUT2D eigenvalue weighted by Gasteiger charge is -2.28. The van der Waals surface area contributed by atoms with E-state index >= 15 is 0 Å². The Morgan fingerprint density at radius 3 is 2.23 bits per heavy atom. The van der Waals surface area contributed by atoms with Gasteiger partial charge in [-0.05, 0) is 54.3 Å². The molecule has 0 radical (unpaired) electrons. The number of aryl methyl sites for hydroxylation is 1. The zero-order chi connectivity index (χ0) is 19.3. The van der Waals surface area contributed by atoms with E-state index in [1.165, 1.54) is 0 Å². The first kappa shape index (κ1) is 19.3. The van der Waals surface area contributed by atoms with Crippen LogP contribution >= 0.6 is 0 Å². The average Bonchev–Trinajstić information content (AvgIpc) is 2.53. The predicted octanol–water partition coefficient (Wildman–Crippen LogP) is 3.81. The van der Waals surface area contributed by atoms with Crippen molar-refractivity contribution < 1.29 is 14.3 Å². The number of carbonyl (C=O) groups excluding carboxylic acids is 2. The Bertz CT molecular complexity index is 780. The second-order valence-corrected chi connectivity index (χ2v) is 7.24. The molecule has 0 saturated heterocycles. The topological polar surface area (TPSA) is 93.4 Å². The van der Waals surface area contributed by atoms with E-state index in [0.717, 1.165) is 11.3 Å². The molecule has 138 valence electrons. The Kier molecular flexibility index (Phi) is 5.87. The van der Waals surface area contributed by atoms with Crippen molar-refractivity contribution in [1.29, 1.82) is 0 Å². The van der Waals surface area contributed by atoms with Crippen LogP contribution in [-0.2, 0) is 4.79 Å². The van der Waals surface area contributed by atoms with Gasteiger partial charge in [0.15, 0.2) is 0 Å². The summed E-state index contributed by atoms with van der Waals surface area (Å²) in [6.07, 6.45) is 0. The summed E-state index contributed by atoms with van der Waals surface area (Å²) in [6.45, 7) is 7.50. The summed E-state index contributed by atoms with van der Waals surface area (Å²) in [4.78, 5) is 23.7. The van der Waals surface area contributed by atoms with E-state index in [1.807, 2.05) is 52.0 Å². The maximum atomic E-state index is 12.1. The Morgan fingerprint density at radius 1 is 1.04 bits per heavy atom. The number of urea groups is 1. The van der Waals surface area contributed by atoms with E-state index in [4.69, 9.17) is 10.5 Å². The summed E-state index contributed by atoms with van der Waals surface area (Å²) < 4.78 is 5.77. The molecule has 3 amide bonds. The third kappa shape index (κ3) is 5.51. The number of hydrogen-bond acceptors (Lipinski definition) is 3. The number of primary amides is 1. The van der Waals surface area contributed by atoms with Crippen molar-refractivity contribution in [3.05, 3.63) is 54.1 Å². The van der Waals surface area contributed by atoms with Crippen LogP contribution in [0.15, 0.2) is 48.5 Å². The minimum atomic E-state index is -0.772. The molecule has 0 aliphatic heterocycles. The smallest absolute Gasteiger partial charge is 0.319 e. The molecule has 2 rings (SSSR count). The van der Waals surface area contributed by atoms with E-state index in [2.05, 4.69) is 10.6 Å². The van der Waals surface area contributed by atoms with Crippen molar-refractivity contribution in [1.82, 2.24) is 5.32 Å². The van der Waals surface area contributed by atoms with Crippen LogP contribution < -0.4 is 21.1 Å². The average molecular weight is 355 g/mol. The lowest BCUT2D eigenvalue weighted by atomic mass is 9.86. The summed E-state index contributed by atoms with van der Waals surface area (Å²) in [5.74, 6) is 0.832. The fraction of sp³-hybridized carbons (Fsp3) is 0.300. The van der Waals surface area contributed by atoms with E-state index in [0.29, 0.717) is 11.4 Å². The Labute approximate surface area is 153 Å². The second kappa shape index (κ2) is 7.91. The van der Waals surface area contributed by atoms with Gasteiger partial charge in [-0.15, -0.1) is 0 Å². The minimum absolute atomic E-state index is 0.477. The third-order valence-corrected chi connectivity index (χ3v) is 3.76. The monoisotopic (exact) mass is 355 g/mol. The lowest BCUT2D eigenvalue weighted by molar-refractivity contribution is -0.122. The standard InChI is InChI=1S/C20H25N3O3/c1-13-6-5-7-16(12-13)26-15-10-8-14(9-11-15)22-19(25)23-17(18(21)24)20(2,3)4/h5-12,17H,1-4H3,(H2,21,24)(H2,22,23,25). The van der Waals surface area contributed by atoms with Crippen LogP contribution in [0.3, 0.4) is 0 Å². The van der Waals surface area contributed by atoms with Crippen molar-refractivity contribution in [3.63, 3.8) is 0 Å². The van der Waals surface area contributed by atoms with E-state index in [-0.39, 0.29) is 0 Å². The fourth-order valence-electron chi connectivity index (χ4n) is 2.43. The molecule has 1 unspecified atom stereocenters. The van der Waals surface area contributed by atoms with E-state index in [9.17, 15) is 9.59 Å². The van der Waals surface area contributed by atoms with Gasteiger partial charge in [0.1, 0.15) is 17.5 Å². The van der Waals surface area contributed by atoms with E-state index < -0.39 is 23.4 Å². The zero-order valence-electron chi connectivity index (χ0n) is 15.5. The maximum absolute atomic E-state index is 12.1. The number of carbonyl (C=O) groups is 2.